The minimum Gasteiger partial charge on any atom is -0.469 e. The number of ether oxygens (including phenoxy) is 2. The van der Waals surface area contributed by atoms with E-state index in [0.717, 1.165) is 49.0 Å². The van der Waals surface area contributed by atoms with Crippen molar-refractivity contribution in [3.05, 3.63) is 0 Å². The van der Waals surface area contributed by atoms with Gasteiger partial charge in [0, 0.05) is 6.61 Å². The monoisotopic (exact) mass is 406 g/mol. The molecular weight excluding hydrogens is 364 g/mol. The van der Waals surface area contributed by atoms with Gasteiger partial charge in [-0.2, -0.15) is 0 Å². The molecule has 0 aromatic carbocycles. The van der Waals surface area contributed by atoms with E-state index >= 15 is 0 Å². The van der Waals surface area contributed by atoms with Gasteiger partial charge in [-0.15, -0.1) is 0 Å². The van der Waals surface area contributed by atoms with Gasteiger partial charge in [-0.3, -0.25) is 4.79 Å². The highest BCUT2D eigenvalue weighted by atomic mass is 16.5. The molecule has 0 aromatic rings. The van der Waals surface area contributed by atoms with Crippen LogP contribution in [0.25, 0.3) is 0 Å². The molecule has 2 bridgehead atoms. The highest BCUT2D eigenvalue weighted by Gasteiger charge is 2.55. The Morgan fingerprint density at radius 1 is 1.03 bits per heavy atom. The molecule has 29 heavy (non-hydrogen) atoms. The van der Waals surface area contributed by atoms with Gasteiger partial charge in [0.25, 0.3) is 0 Å². The standard InChI is InChI=1S/C25H42O4/c1-24(27)11-8-18-14-17(15-24)4-6-21-20(18)9-12-25(2)19(5-7-22(21)25)16-29-13-10-23(26)28-3/h17-22,27H,4-16H2,1-3H3/t17-,18-,19-,20-,21-,22+,24+,25-/m1/s1. The first-order chi connectivity index (χ1) is 13.8. The summed E-state index contributed by atoms with van der Waals surface area (Å²) in [6.45, 7) is 5.90. The minimum absolute atomic E-state index is 0.180. The van der Waals surface area contributed by atoms with E-state index in [1.54, 1.807) is 0 Å². The number of methoxy groups -OCH3 is 1. The molecule has 4 aliphatic rings. The molecule has 4 fully saturated rings. The van der Waals surface area contributed by atoms with E-state index in [1.165, 1.54) is 58.5 Å². The molecule has 4 rings (SSSR count). The van der Waals surface area contributed by atoms with Gasteiger partial charge < -0.3 is 14.6 Å². The largest absolute Gasteiger partial charge is 0.469 e. The van der Waals surface area contributed by atoms with Crippen molar-refractivity contribution in [3.8, 4) is 0 Å². The first-order valence-corrected chi connectivity index (χ1v) is 12.2. The summed E-state index contributed by atoms with van der Waals surface area (Å²) in [5.41, 5.74) is -0.0259. The smallest absolute Gasteiger partial charge is 0.307 e. The Bertz CT molecular complexity index is 587. The fourth-order valence-corrected chi connectivity index (χ4v) is 8.07. The quantitative estimate of drug-likeness (QED) is 0.517. The summed E-state index contributed by atoms with van der Waals surface area (Å²) >= 11 is 0. The number of carbonyl (C=O) groups excluding carboxylic acids is 1. The minimum atomic E-state index is -0.435. The Hall–Kier alpha value is -0.610. The Morgan fingerprint density at radius 2 is 1.86 bits per heavy atom. The van der Waals surface area contributed by atoms with Crippen molar-refractivity contribution in [3.63, 3.8) is 0 Å². The SMILES string of the molecule is COC(=O)CCOC[C@H]1CC[C@H]2[C@@H]3CC[C@@H]4C[C@@H](CC[C@](C)(O)C4)[C@H]3CC[C@]12C. The van der Waals surface area contributed by atoms with Crippen LogP contribution < -0.4 is 0 Å². The molecule has 4 saturated carbocycles. The highest BCUT2D eigenvalue weighted by molar-refractivity contribution is 5.69. The van der Waals surface area contributed by atoms with E-state index in [2.05, 4.69) is 13.8 Å². The van der Waals surface area contributed by atoms with E-state index in [0.29, 0.717) is 24.4 Å². The number of esters is 1. The molecule has 8 atom stereocenters. The van der Waals surface area contributed by atoms with Crippen LogP contribution >= 0.6 is 0 Å². The molecule has 0 saturated heterocycles. The summed E-state index contributed by atoms with van der Waals surface area (Å²) in [5, 5.41) is 10.7. The topological polar surface area (TPSA) is 55.8 Å². The molecule has 0 aromatic heterocycles. The predicted octanol–water partition coefficient (Wildman–Crippen LogP) is 4.98. The molecule has 0 spiro atoms. The second-order valence-electron chi connectivity index (χ2n) is 11.3. The molecule has 1 N–H and O–H groups in total. The fraction of sp³-hybridized carbons (Fsp3) is 0.960. The maximum absolute atomic E-state index is 11.3. The lowest BCUT2D eigenvalue weighted by molar-refractivity contribution is -0.142. The Balaban J connectivity index is 1.40. The van der Waals surface area contributed by atoms with Crippen molar-refractivity contribution in [2.75, 3.05) is 20.3 Å². The number of aliphatic hydroxyl groups is 1. The van der Waals surface area contributed by atoms with Gasteiger partial charge in [-0.1, -0.05) is 13.3 Å². The highest BCUT2D eigenvalue weighted by Crippen LogP contribution is 2.63. The molecule has 0 unspecified atom stereocenters. The van der Waals surface area contributed by atoms with Crippen LogP contribution in [0.5, 0.6) is 0 Å². The second kappa shape index (κ2) is 8.49. The molecule has 4 aliphatic carbocycles. The third-order valence-corrected chi connectivity index (χ3v) is 9.62. The molecule has 0 amide bonds. The van der Waals surface area contributed by atoms with Crippen LogP contribution in [0, 0.1) is 40.9 Å². The van der Waals surface area contributed by atoms with E-state index in [1.807, 2.05) is 0 Å². The fourth-order valence-electron chi connectivity index (χ4n) is 8.07. The van der Waals surface area contributed by atoms with E-state index in [-0.39, 0.29) is 5.97 Å². The van der Waals surface area contributed by atoms with Crippen LogP contribution in [0.15, 0.2) is 0 Å². The van der Waals surface area contributed by atoms with E-state index in [4.69, 9.17) is 9.47 Å². The van der Waals surface area contributed by atoms with Crippen LogP contribution in [0.2, 0.25) is 0 Å². The summed E-state index contributed by atoms with van der Waals surface area (Å²) in [6.07, 6.45) is 13.0. The number of hydrogen-bond acceptors (Lipinski definition) is 4. The van der Waals surface area contributed by atoms with Crippen molar-refractivity contribution >= 4 is 5.97 Å². The summed E-state index contributed by atoms with van der Waals surface area (Å²) in [5.74, 6) is 4.63. The van der Waals surface area contributed by atoms with Gasteiger partial charge in [-0.05, 0) is 106 Å². The van der Waals surface area contributed by atoms with Gasteiger partial charge in [0.05, 0.1) is 25.7 Å². The number of carbonyl (C=O) groups is 1. The third kappa shape index (κ3) is 4.39. The van der Waals surface area contributed by atoms with Gasteiger partial charge in [0.15, 0.2) is 0 Å². The van der Waals surface area contributed by atoms with Crippen molar-refractivity contribution in [1.82, 2.24) is 0 Å². The molecule has 0 aliphatic heterocycles. The molecule has 0 radical (unpaired) electrons. The Labute approximate surface area is 177 Å². The van der Waals surface area contributed by atoms with E-state index < -0.39 is 5.60 Å². The van der Waals surface area contributed by atoms with E-state index in [9.17, 15) is 9.90 Å². The average Bonchev–Trinajstić information content (AvgIpc) is 2.81. The van der Waals surface area contributed by atoms with Crippen molar-refractivity contribution in [1.29, 1.82) is 0 Å². The first kappa shape index (κ1) is 21.6. The van der Waals surface area contributed by atoms with Crippen LogP contribution in [0.3, 0.4) is 0 Å². The number of hydrogen-bond donors (Lipinski definition) is 1. The zero-order valence-corrected chi connectivity index (χ0v) is 18.8. The van der Waals surface area contributed by atoms with Crippen LogP contribution in [0.1, 0.15) is 84.5 Å². The molecule has 0 heterocycles. The Kier molecular flexibility index (Phi) is 6.33. The average molecular weight is 407 g/mol. The normalized spacial score (nSPS) is 46.9. The van der Waals surface area contributed by atoms with Gasteiger partial charge in [0.1, 0.15) is 0 Å². The summed E-state index contributed by atoms with van der Waals surface area (Å²) in [7, 11) is 1.44. The lowest BCUT2D eigenvalue weighted by Gasteiger charge is -2.50. The zero-order chi connectivity index (χ0) is 20.6. The summed E-state index contributed by atoms with van der Waals surface area (Å²) in [6, 6.07) is 0. The molecular formula is C25H42O4. The van der Waals surface area contributed by atoms with Crippen molar-refractivity contribution in [2.24, 2.45) is 40.9 Å². The van der Waals surface area contributed by atoms with Gasteiger partial charge in [-0.25, -0.2) is 0 Å². The third-order valence-electron chi connectivity index (χ3n) is 9.62. The lowest BCUT2D eigenvalue weighted by Crippen LogP contribution is -2.44. The van der Waals surface area contributed by atoms with Crippen molar-refractivity contribution in [2.45, 2.75) is 90.1 Å². The van der Waals surface area contributed by atoms with Gasteiger partial charge in [0.2, 0.25) is 0 Å². The van der Waals surface area contributed by atoms with Crippen LogP contribution in [-0.4, -0.2) is 37.0 Å². The molecule has 166 valence electrons. The summed E-state index contributed by atoms with van der Waals surface area (Å²) in [4.78, 5) is 11.3. The first-order valence-electron chi connectivity index (χ1n) is 12.2. The van der Waals surface area contributed by atoms with Gasteiger partial charge >= 0.3 is 5.97 Å². The number of rotatable bonds is 5. The van der Waals surface area contributed by atoms with Crippen LogP contribution in [-0.2, 0) is 14.3 Å². The predicted molar refractivity (Wildman–Crippen MR) is 113 cm³/mol. The molecule has 4 heteroatoms. The Morgan fingerprint density at radius 3 is 2.66 bits per heavy atom. The maximum atomic E-state index is 11.3. The zero-order valence-electron chi connectivity index (χ0n) is 18.8. The van der Waals surface area contributed by atoms with Crippen molar-refractivity contribution < 1.29 is 19.4 Å². The number of fused-ring (bicyclic) bond motifs is 6. The second-order valence-corrected chi connectivity index (χ2v) is 11.3. The molecule has 4 nitrogen and oxygen atoms in total. The lowest BCUT2D eigenvalue weighted by atomic mass is 9.55. The summed E-state index contributed by atoms with van der Waals surface area (Å²) < 4.78 is 10.7. The van der Waals surface area contributed by atoms with Crippen LogP contribution in [0.4, 0.5) is 0 Å². The maximum Gasteiger partial charge on any atom is 0.307 e.